The number of aliphatic carboxylic acids is 1. The number of carboxylic acids is 1. The number of benzene rings is 2. The molecule has 88 valence electrons. The van der Waals surface area contributed by atoms with Crippen LogP contribution in [0.25, 0.3) is 10.8 Å². The molecule has 2 rings (SSSR count). The minimum Gasteiger partial charge on any atom is -0.480 e. The number of fused-ring (bicyclic) bond motifs is 1. The smallest absolute Gasteiger partial charge is 0.320 e. The summed E-state index contributed by atoms with van der Waals surface area (Å²) in [6.45, 7) is 2.03. The highest BCUT2D eigenvalue weighted by Crippen LogP contribution is 2.23. The second-order valence-electron chi connectivity index (χ2n) is 4.24. The largest absolute Gasteiger partial charge is 0.480 e. The third kappa shape index (κ3) is 2.29. The molecule has 0 saturated carbocycles. The van der Waals surface area contributed by atoms with E-state index in [4.69, 9.17) is 10.8 Å². The van der Waals surface area contributed by atoms with E-state index >= 15 is 0 Å². The Morgan fingerprint density at radius 2 is 1.94 bits per heavy atom. The molecule has 1 unspecified atom stereocenters. The molecule has 0 aliphatic carbocycles. The van der Waals surface area contributed by atoms with E-state index < -0.39 is 12.0 Å². The lowest BCUT2D eigenvalue weighted by atomic mass is 9.96. The monoisotopic (exact) mass is 229 g/mol. The van der Waals surface area contributed by atoms with Crippen molar-refractivity contribution in [3.8, 4) is 0 Å². The zero-order valence-electron chi connectivity index (χ0n) is 9.68. The van der Waals surface area contributed by atoms with E-state index in [1.54, 1.807) is 0 Å². The van der Waals surface area contributed by atoms with E-state index in [2.05, 4.69) is 0 Å². The Hall–Kier alpha value is -1.87. The molecule has 2 aromatic carbocycles. The van der Waals surface area contributed by atoms with Gasteiger partial charge in [-0.3, -0.25) is 4.79 Å². The molecule has 1 atom stereocenters. The van der Waals surface area contributed by atoms with E-state index in [0.29, 0.717) is 6.42 Å². The van der Waals surface area contributed by atoms with Gasteiger partial charge < -0.3 is 10.8 Å². The van der Waals surface area contributed by atoms with Crippen molar-refractivity contribution in [2.45, 2.75) is 19.4 Å². The first-order valence-electron chi connectivity index (χ1n) is 5.55. The van der Waals surface area contributed by atoms with E-state index in [9.17, 15) is 4.79 Å². The Kier molecular flexibility index (Phi) is 3.11. The van der Waals surface area contributed by atoms with Crippen molar-refractivity contribution in [1.29, 1.82) is 0 Å². The summed E-state index contributed by atoms with van der Waals surface area (Å²) in [5.74, 6) is -0.962. The van der Waals surface area contributed by atoms with Gasteiger partial charge in [-0.15, -0.1) is 0 Å². The molecule has 0 bridgehead atoms. The van der Waals surface area contributed by atoms with Gasteiger partial charge in [0.15, 0.2) is 0 Å². The van der Waals surface area contributed by atoms with Crippen LogP contribution in [0.2, 0.25) is 0 Å². The van der Waals surface area contributed by atoms with Crippen LogP contribution in [0.3, 0.4) is 0 Å². The van der Waals surface area contributed by atoms with Crippen molar-refractivity contribution in [3.05, 3.63) is 47.5 Å². The third-order valence-corrected chi connectivity index (χ3v) is 2.96. The highest BCUT2D eigenvalue weighted by Gasteiger charge is 2.14. The van der Waals surface area contributed by atoms with Crippen LogP contribution in [0.1, 0.15) is 11.1 Å². The predicted molar refractivity (Wildman–Crippen MR) is 68.0 cm³/mol. The summed E-state index contributed by atoms with van der Waals surface area (Å²) in [7, 11) is 0. The first-order valence-corrected chi connectivity index (χ1v) is 5.55. The molecule has 0 aromatic heterocycles. The summed E-state index contributed by atoms with van der Waals surface area (Å²) >= 11 is 0. The molecule has 2 aromatic rings. The third-order valence-electron chi connectivity index (χ3n) is 2.96. The van der Waals surface area contributed by atoms with E-state index in [1.807, 2.05) is 43.3 Å². The predicted octanol–water partition coefficient (Wildman–Crippen LogP) is 2.10. The molecule has 0 fully saturated rings. The average molecular weight is 229 g/mol. The lowest BCUT2D eigenvalue weighted by Gasteiger charge is -2.11. The minimum absolute atomic E-state index is 0.359. The summed E-state index contributed by atoms with van der Waals surface area (Å²) in [5.41, 5.74) is 7.73. The Balaban J connectivity index is 2.50. The fourth-order valence-corrected chi connectivity index (χ4v) is 2.11. The van der Waals surface area contributed by atoms with Gasteiger partial charge in [0.05, 0.1) is 0 Å². The SMILES string of the molecule is Cc1cccc2cccc(CC(N)C(=O)O)c12. The Morgan fingerprint density at radius 1 is 1.29 bits per heavy atom. The Labute approximate surface area is 99.9 Å². The van der Waals surface area contributed by atoms with Crippen LogP contribution in [-0.2, 0) is 11.2 Å². The lowest BCUT2D eigenvalue weighted by molar-refractivity contribution is -0.138. The van der Waals surface area contributed by atoms with Gasteiger partial charge in [-0.2, -0.15) is 0 Å². The summed E-state index contributed by atoms with van der Waals surface area (Å²) in [6, 6.07) is 11.1. The summed E-state index contributed by atoms with van der Waals surface area (Å²) in [6.07, 6.45) is 0.359. The van der Waals surface area contributed by atoms with Crippen LogP contribution in [0, 0.1) is 6.92 Å². The Bertz CT molecular complexity index is 558. The molecule has 0 saturated heterocycles. The van der Waals surface area contributed by atoms with Crippen molar-refractivity contribution < 1.29 is 9.90 Å². The van der Waals surface area contributed by atoms with Crippen molar-refractivity contribution in [3.63, 3.8) is 0 Å². The van der Waals surface area contributed by atoms with Gasteiger partial charge in [0.2, 0.25) is 0 Å². The van der Waals surface area contributed by atoms with Crippen LogP contribution in [0.4, 0.5) is 0 Å². The second-order valence-corrected chi connectivity index (χ2v) is 4.24. The number of nitrogens with two attached hydrogens (primary N) is 1. The second kappa shape index (κ2) is 4.55. The summed E-state index contributed by atoms with van der Waals surface area (Å²) < 4.78 is 0. The normalized spacial score (nSPS) is 12.6. The standard InChI is InChI=1S/C14H15NO2/c1-9-4-2-5-10-6-3-7-11(13(9)10)8-12(15)14(16)17/h2-7,12H,8,15H2,1H3,(H,16,17). The van der Waals surface area contributed by atoms with Crippen LogP contribution in [0.5, 0.6) is 0 Å². The number of aryl methyl sites for hydroxylation is 1. The van der Waals surface area contributed by atoms with Gasteiger partial charge in [-0.05, 0) is 35.2 Å². The fourth-order valence-electron chi connectivity index (χ4n) is 2.11. The molecule has 3 nitrogen and oxygen atoms in total. The number of hydrogen-bond donors (Lipinski definition) is 2. The Morgan fingerprint density at radius 3 is 2.59 bits per heavy atom. The number of hydrogen-bond acceptors (Lipinski definition) is 2. The highest BCUT2D eigenvalue weighted by molar-refractivity contribution is 5.89. The zero-order chi connectivity index (χ0) is 12.4. The van der Waals surface area contributed by atoms with E-state index in [0.717, 1.165) is 21.9 Å². The van der Waals surface area contributed by atoms with Crippen molar-refractivity contribution >= 4 is 16.7 Å². The number of carboxylic acid groups (broad SMARTS) is 1. The van der Waals surface area contributed by atoms with Crippen LogP contribution in [0.15, 0.2) is 36.4 Å². The average Bonchev–Trinajstić information content (AvgIpc) is 2.29. The molecule has 0 heterocycles. The minimum atomic E-state index is -0.962. The summed E-state index contributed by atoms with van der Waals surface area (Å²) in [4.78, 5) is 10.8. The maximum absolute atomic E-state index is 10.8. The molecule has 17 heavy (non-hydrogen) atoms. The first-order chi connectivity index (χ1) is 8.09. The van der Waals surface area contributed by atoms with Gasteiger partial charge in [-0.1, -0.05) is 36.4 Å². The van der Waals surface area contributed by atoms with Crippen LogP contribution >= 0.6 is 0 Å². The lowest BCUT2D eigenvalue weighted by Crippen LogP contribution is -2.32. The molecule has 3 N–H and O–H groups in total. The van der Waals surface area contributed by atoms with Gasteiger partial charge in [0.25, 0.3) is 0 Å². The highest BCUT2D eigenvalue weighted by atomic mass is 16.4. The van der Waals surface area contributed by atoms with Gasteiger partial charge in [0, 0.05) is 0 Å². The maximum Gasteiger partial charge on any atom is 0.320 e. The van der Waals surface area contributed by atoms with Gasteiger partial charge in [0.1, 0.15) is 6.04 Å². The quantitative estimate of drug-likeness (QED) is 0.847. The molecule has 0 aliphatic rings. The molecular weight excluding hydrogens is 214 g/mol. The topological polar surface area (TPSA) is 63.3 Å². The number of rotatable bonds is 3. The molecule has 0 spiro atoms. The van der Waals surface area contributed by atoms with E-state index in [-0.39, 0.29) is 0 Å². The van der Waals surface area contributed by atoms with Crippen LogP contribution < -0.4 is 5.73 Å². The molecule has 0 aliphatic heterocycles. The number of carbonyl (C=O) groups is 1. The summed E-state index contributed by atoms with van der Waals surface area (Å²) in [5, 5.41) is 11.1. The molecule has 0 amide bonds. The van der Waals surface area contributed by atoms with E-state index in [1.165, 1.54) is 0 Å². The molecular formula is C14H15NO2. The first kappa shape index (κ1) is 11.6. The van der Waals surface area contributed by atoms with Crippen molar-refractivity contribution in [2.24, 2.45) is 5.73 Å². The van der Waals surface area contributed by atoms with Crippen LogP contribution in [-0.4, -0.2) is 17.1 Å². The zero-order valence-corrected chi connectivity index (χ0v) is 9.68. The maximum atomic E-state index is 10.8. The van der Waals surface area contributed by atoms with Gasteiger partial charge >= 0.3 is 5.97 Å². The molecule has 0 radical (unpaired) electrons. The van der Waals surface area contributed by atoms with Crippen molar-refractivity contribution in [2.75, 3.05) is 0 Å². The fraction of sp³-hybridized carbons (Fsp3) is 0.214. The van der Waals surface area contributed by atoms with Crippen molar-refractivity contribution in [1.82, 2.24) is 0 Å². The molecule has 3 heteroatoms. The van der Waals surface area contributed by atoms with Gasteiger partial charge in [-0.25, -0.2) is 0 Å².